The Kier molecular flexibility index (Phi) is 3.81. The molecule has 4 rings (SSSR count). The van der Waals surface area contributed by atoms with Gasteiger partial charge in [-0.1, -0.05) is 18.2 Å². The van der Waals surface area contributed by atoms with Crippen molar-refractivity contribution in [3.8, 4) is 22.8 Å². The Bertz CT molecular complexity index is 992. The van der Waals surface area contributed by atoms with Crippen molar-refractivity contribution in [2.75, 3.05) is 0 Å². The fraction of sp³-hybridized carbons (Fsp3) is 0.111. The molecule has 0 N–H and O–H groups in total. The lowest BCUT2D eigenvalue weighted by atomic mass is 10.2. The summed E-state index contributed by atoms with van der Waals surface area (Å²) >= 11 is 0. The van der Waals surface area contributed by atoms with E-state index in [0.717, 1.165) is 11.3 Å². The lowest BCUT2D eigenvalue weighted by Gasteiger charge is -1.95. The number of rotatable bonds is 4. The van der Waals surface area contributed by atoms with Crippen LogP contribution in [-0.2, 0) is 6.54 Å². The SMILES string of the molecule is Cc1oc(-c2ccccc2)nc1Cn1nnc(-c2ccc(F)cc2)n1. The third-order valence-corrected chi connectivity index (χ3v) is 3.76. The van der Waals surface area contributed by atoms with Gasteiger partial charge in [0.05, 0.1) is 0 Å². The van der Waals surface area contributed by atoms with Crippen molar-refractivity contribution < 1.29 is 8.81 Å². The van der Waals surface area contributed by atoms with Crippen LogP contribution in [-0.4, -0.2) is 25.2 Å². The molecule has 0 saturated heterocycles. The molecule has 0 unspecified atom stereocenters. The molecule has 2 aromatic heterocycles. The maximum absolute atomic E-state index is 13.0. The predicted molar refractivity (Wildman–Crippen MR) is 89.0 cm³/mol. The molecule has 124 valence electrons. The van der Waals surface area contributed by atoms with Crippen LogP contribution in [0.3, 0.4) is 0 Å². The lowest BCUT2D eigenvalue weighted by Crippen LogP contribution is -2.05. The van der Waals surface area contributed by atoms with Crippen molar-refractivity contribution in [1.82, 2.24) is 25.2 Å². The van der Waals surface area contributed by atoms with Gasteiger partial charge in [-0.2, -0.15) is 4.80 Å². The standard InChI is InChI=1S/C18H14FN5O/c1-12-16(20-18(25-12)14-5-3-2-4-6-14)11-24-22-17(21-23-24)13-7-9-15(19)10-8-13/h2-10H,11H2,1H3. The van der Waals surface area contributed by atoms with E-state index < -0.39 is 0 Å². The molecule has 0 aliphatic heterocycles. The third kappa shape index (κ3) is 3.16. The molecule has 0 atom stereocenters. The summed E-state index contributed by atoms with van der Waals surface area (Å²) in [4.78, 5) is 5.97. The number of nitrogens with zero attached hydrogens (tertiary/aromatic N) is 5. The zero-order chi connectivity index (χ0) is 17.2. The average Bonchev–Trinajstić information content (AvgIpc) is 3.24. The van der Waals surface area contributed by atoms with Crippen molar-refractivity contribution in [2.24, 2.45) is 0 Å². The number of aromatic nitrogens is 5. The van der Waals surface area contributed by atoms with Crippen LogP contribution in [0.4, 0.5) is 4.39 Å². The number of halogens is 1. The number of hydrogen-bond donors (Lipinski definition) is 0. The molecule has 0 aliphatic carbocycles. The molecule has 0 bridgehead atoms. The monoisotopic (exact) mass is 335 g/mol. The van der Waals surface area contributed by atoms with E-state index in [1.165, 1.54) is 16.9 Å². The molecule has 0 amide bonds. The molecule has 2 heterocycles. The van der Waals surface area contributed by atoms with Crippen LogP contribution in [0, 0.1) is 12.7 Å². The van der Waals surface area contributed by atoms with E-state index in [2.05, 4.69) is 20.4 Å². The van der Waals surface area contributed by atoms with Gasteiger partial charge in [0.25, 0.3) is 0 Å². The van der Waals surface area contributed by atoms with E-state index in [9.17, 15) is 4.39 Å². The van der Waals surface area contributed by atoms with Crippen molar-refractivity contribution >= 4 is 0 Å². The average molecular weight is 335 g/mol. The molecular formula is C18H14FN5O. The van der Waals surface area contributed by atoms with Crippen LogP contribution < -0.4 is 0 Å². The summed E-state index contributed by atoms with van der Waals surface area (Å²) in [7, 11) is 0. The summed E-state index contributed by atoms with van der Waals surface area (Å²) in [5.41, 5.74) is 2.35. The highest BCUT2D eigenvalue weighted by atomic mass is 19.1. The second-order valence-corrected chi connectivity index (χ2v) is 5.54. The largest absolute Gasteiger partial charge is 0.441 e. The summed E-state index contributed by atoms with van der Waals surface area (Å²) in [5.74, 6) is 1.40. The molecule has 0 fully saturated rings. The number of hydrogen-bond acceptors (Lipinski definition) is 5. The predicted octanol–water partition coefficient (Wildman–Crippen LogP) is 3.49. The minimum Gasteiger partial charge on any atom is -0.441 e. The molecule has 0 saturated carbocycles. The Labute approximate surface area is 142 Å². The van der Waals surface area contributed by atoms with Gasteiger partial charge in [-0.3, -0.25) is 0 Å². The third-order valence-electron chi connectivity index (χ3n) is 3.76. The van der Waals surface area contributed by atoms with Crippen molar-refractivity contribution in [2.45, 2.75) is 13.5 Å². The number of tetrazole rings is 1. The second-order valence-electron chi connectivity index (χ2n) is 5.54. The van der Waals surface area contributed by atoms with Gasteiger partial charge in [-0.15, -0.1) is 10.2 Å². The summed E-state index contributed by atoms with van der Waals surface area (Å²) in [6.07, 6.45) is 0. The first-order chi connectivity index (χ1) is 12.2. The maximum Gasteiger partial charge on any atom is 0.226 e. The highest BCUT2D eigenvalue weighted by Gasteiger charge is 2.14. The summed E-state index contributed by atoms with van der Waals surface area (Å²) < 4.78 is 18.7. The van der Waals surface area contributed by atoms with Gasteiger partial charge in [-0.25, -0.2) is 9.37 Å². The number of benzene rings is 2. The molecule has 0 aliphatic rings. The van der Waals surface area contributed by atoms with E-state index >= 15 is 0 Å². The summed E-state index contributed by atoms with van der Waals surface area (Å²) in [6.45, 7) is 2.20. The van der Waals surface area contributed by atoms with Crippen LogP contribution >= 0.6 is 0 Å². The van der Waals surface area contributed by atoms with Crippen LogP contribution in [0.2, 0.25) is 0 Å². The van der Waals surface area contributed by atoms with Gasteiger partial charge >= 0.3 is 0 Å². The van der Waals surface area contributed by atoms with Gasteiger partial charge in [0.1, 0.15) is 23.8 Å². The Morgan fingerprint density at radius 3 is 2.52 bits per heavy atom. The quantitative estimate of drug-likeness (QED) is 0.571. The molecule has 6 nitrogen and oxygen atoms in total. The van der Waals surface area contributed by atoms with Crippen molar-refractivity contribution in [1.29, 1.82) is 0 Å². The molecule has 4 aromatic rings. The van der Waals surface area contributed by atoms with Gasteiger partial charge in [0.2, 0.25) is 11.7 Å². The van der Waals surface area contributed by atoms with Crippen LogP contribution in [0.25, 0.3) is 22.8 Å². The fourth-order valence-corrected chi connectivity index (χ4v) is 2.44. The number of oxazole rings is 1. The van der Waals surface area contributed by atoms with E-state index in [0.29, 0.717) is 29.6 Å². The minimum atomic E-state index is -0.303. The van der Waals surface area contributed by atoms with Crippen molar-refractivity contribution in [3.63, 3.8) is 0 Å². The Morgan fingerprint density at radius 1 is 1.00 bits per heavy atom. The molecule has 2 aromatic carbocycles. The van der Waals surface area contributed by atoms with Gasteiger partial charge in [0.15, 0.2) is 0 Å². The molecule has 0 spiro atoms. The van der Waals surface area contributed by atoms with E-state index in [1.807, 2.05) is 37.3 Å². The lowest BCUT2D eigenvalue weighted by molar-refractivity contribution is 0.525. The Balaban J connectivity index is 1.57. The van der Waals surface area contributed by atoms with Gasteiger partial charge in [0, 0.05) is 11.1 Å². The van der Waals surface area contributed by atoms with Crippen LogP contribution in [0.15, 0.2) is 59.0 Å². The molecule has 7 heteroatoms. The first kappa shape index (κ1) is 15.2. The Hall–Kier alpha value is -3.35. The Morgan fingerprint density at radius 2 is 1.76 bits per heavy atom. The zero-order valence-corrected chi connectivity index (χ0v) is 13.4. The van der Waals surface area contributed by atoms with E-state index in [1.54, 1.807) is 12.1 Å². The maximum atomic E-state index is 13.0. The minimum absolute atomic E-state index is 0.303. The first-order valence-electron chi connectivity index (χ1n) is 7.74. The summed E-state index contributed by atoms with van der Waals surface area (Å²) in [5, 5.41) is 12.4. The zero-order valence-electron chi connectivity index (χ0n) is 13.4. The van der Waals surface area contributed by atoms with Gasteiger partial charge < -0.3 is 4.42 Å². The smallest absolute Gasteiger partial charge is 0.226 e. The highest BCUT2D eigenvalue weighted by Crippen LogP contribution is 2.22. The van der Waals surface area contributed by atoms with Crippen LogP contribution in [0.1, 0.15) is 11.5 Å². The van der Waals surface area contributed by atoms with E-state index in [-0.39, 0.29) is 5.82 Å². The van der Waals surface area contributed by atoms with Crippen LogP contribution in [0.5, 0.6) is 0 Å². The number of aryl methyl sites for hydroxylation is 1. The fourth-order valence-electron chi connectivity index (χ4n) is 2.44. The highest BCUT2D eigenvalue weighted by molar-refractivity contribution is 5.54. The molecule has 25 heavy (non-hydrogen) atoms. The van der Waals surface area contributed by atoms with Gasteiger partial charge in [-0.05, 0) is 48.5 Å². The molecular weight excluding hydrogens is 321 g/mol. The normalized spacial score (nSPS) is 11.0. The van der Waals surface area contributed by atoms with E-state index in [4.69, 9.17) is 4.42 Å². The second kappa shape index (κ2) is 6.27. The van der Waals surface area contributed by atoms with Crippen molar-refractivity contribution in [3.05, 3.63) is 71.9 Å². The first-order valence-corrected chi connectivity index (χ1v) is 7.74. The summed E-state index contributed by atoms with van der Waals surface area (Å²) in [6, 6.07) is 15.7. The topological polar surface area (TPSA) is 69.6 Å². The molecule has 0 radical (unpaired) electrons.